The van der Waals surface area contributed by atoms with E-state index in [9.17, 15) is 0 Å². The van der Waals surface area contributed by atoms with E-state index in [1.54, 1.807) is 0 Å². The summed E-state index contributed by atoms with van der Waals surface area (Å²) in [6, 6.07) is 14.9. The van der Waals surface area contributed by atoms with Gasteiger partial charge in [0, 0.05) is 24.3 Å². The van der Waals surface area contributed by atoms with E-state index in [0.29, 0.717) is 0 Å². The van der Waals surface area contributed by atoms with Crippen LogP contribution >= 0.6 is 0 Å². The molecular weight excluding hydrogens is 220 g/mol. The van der Waals surface area contributed by atoms with Crippen molar-refractivity contribution < 1.29 is 0 Å². The van der Waals surface area contributed by atoms with Crippen molar-refractivity contribution >= 4 is 11.0 Å². The molecule has 0 aliphatic rings. The minimum Gasteiger partial charge on any atom is -0.328 e. The average Bonchev–Trinajstić information content (AvgIpc) is 2.82. The maximum absolute atomic E-state index is 4.57. The van der Waals surface area contributed by atoms with Gasteiger partial charge in [-0.2, -0.15) is 0 Å². The lowest BCUT2D eigenvalue weighted by molar-refractivity contribution is 0.824. The summed E-state index contributed by atoms with van der Waals surface area (Å²) in [7, 11) is 0. The van der Waals surface area contributed by atoms with E-state index in [-0.39, 0.29) is 0 Å². The van der Waals surface area contributed by atoms with Crippen molar-refractivity contribution in [1.29, 1.82) is 0 Å². The molecule has 0 N–H and O–H groups in total. The van der Waals surface area contributed by atoms with Crippen LogP contribution in [-0.2, 0) is 13.0 Å². The van der Waals surface area contributed by atoms with Gasteiger partial charge in [-0.1, -0.05) is 37.3 Å². The molecule has 0 aliphatic heterocycles. The smallest absolute Gasteiger partial charge is 0.140 e. The molecule has 0 fully saturated rings. The van der Waals surface area contributed by atoms with E-state index in [2.05, 4.69) is 59.1 Å². The summed E-state index contributed by atoms with van der Waals surface area (Å²) < 4.78 is 2.20. The van der Waals surface area contributed by atoms with Crippen LogP contribution in [0.25, 0.3) is 11.0 Å². The van der Waals surface area contributed by atoms with E-state index in [0.717, 1.165) is 18.6 Å². The molecule has 3 rings (SSSR count). The maximum Gasteiger partial charge on any atom is 0.140 e. The lowest BCUT2D eigenvalue weighted by Crippen LogP contribution is -1.99. The standard InChI is InChI=1S/C16H16N2/c1-2-13-10-15-8-9-18(16(15)17-11-13)12-14-6-4-3-5-7-14/h3-11H,2,12H2,1H3. The lowest BCUT2D eigenvalue weighted by Gasteiger charge is -2.05. The van der Waals surface area contributed by atoms with Crippen LogP contribution in [0.2, 0.25) is 0 Å². The third-order valence-electron chi connectivity index (χ3n) is 3.26. The molecule has 0 saturated carbocycles. The Balaban J connectivity index is 1.98. The normalized spacial score (nSPS) is 10.9. The molecule has 3 aromatic rings. The highest BCUT2D eigenvalue weighted by molar-refractivity contribution is 5.76. The van der Waals surface area contributed by atoms with Crippen LogP contribution in [0.1, 0.15) is 18.1 Å². The van der Waals surface area contributed by atoms with Crippen LogP contribution in [0.5, 0.6) is 0 Å². The second kappa shape index (κ2) is 4.65. The third kappa shape index (κ3) is 2.02. The Labute approximate surface area is 107 Å². The van der Waals surface area contributed by atoms with E-state index >= 15 is 0 Å². The zero-order valence-electron chi connectivity index (χ0n) is 10.5. The summed E-state index contributed by atoms with van der Waals surface area (Å²) in [6.45, 7) is 3.03. The van der Waals surface area contributed by atoms with Crippen molar-refractivity contribution in [2.75, 3.05) is 0 Å². The number of pyridine rings is 1. The predicted molar refractivity (Wildman–Crippen MR) is 74.7 cm³/mol. The molecule has 1 aromatic carbocycles. The van der Waals surface area contributed by atoms with Gasteiger partial charge < -0.3 is 4.57 Å². The van der Waals surface area contributed by atoms with Crippen LogP contribution in [0, 0.1) is 0 Å². The summed E-state index contributed by atoms with van der Waals surface area (Å²) in [5, 5.41) is 1.23. The molecule has 0 radical (unpaired) electrons. The summed E-state index contributed by atoms with van der Waals surface area (Å²) in [6.07, 6.45) is 5.13. The molecular formula is C16H16N2. The third-order valence-corrected chi connectivity index (χ3v) is 3.26. The molecule has 2 nitrogen and oxygen atoms in total. The highest BCUT2D eigenvalue weighted by Gasteiger charge is 2.03. The number of hydrogen-bond acceptors (Lipinski definition) is 1. The Morgan fingerprint density at radius 2 is 1.89 bits per heavy atom. The van der Waals surface area contributed by atoms with E-state index in [4.69, 9.17) is 0 Å². The first-order chi connectivity index (χ1) is 8.86. The second-order valence-corrected chi connectivity index (χ2v) is 4.54. The van der Waals surface area contributed by atoms with Crippen molar-refractivity contribution in [1.82, 2.24) is 9.55 Å². The van der Waals surface area contributed by atoms with Gasteiger partial charge >= 0.3 is 0 Å². The monoisotopic (exact) mass is 236 g/mol. The number of rotatable bonds is 3. The zero-order valence-corrected chi connectivity index (χ0v) is 10.5. The van der Waals surface area contributed by atoms with Crippen molar-refractivity contribution in [3.63, 3.8) is 0 Å². The van der Waals surface area contributed by atoms with Gasteiger partial charge in [0.1, 0.15) is 5.65 Å². The molecule has 2 heterocycles. The van der Waals surface area contributed by atoms with Crippen molar-refractivity contribution in [3.8, 4) is 0 Å². The zero-order chi connectivity index (χ0) is 12.4. The fourth-order valence-electron chi connectivity index (χ4n) is 2.22. The Bertz CT molecular complexity index is 653. The van der Waals surface area contributed by atoms with Gasteiger partial charge in [0.2, 0.25) is 0 Å². The van der Waals surface area contributed by atoms with Gasteiger partial charge in [0.15, 0.2) is 0 Å². The molecule has 18 heavy (non-hydrogen) atoms. The Kier molecular flexibility index (Phi) is 2.85. The fraction of sp³-hybridized carbons (Fsp3) is 0.188. The maximum atomic E-state index is 4.57. The van der Waals surface area contributed by atoms with E-state index in [1.165, 1.54) is 16.5 Å². The molecule has 0 bridgehead atoms. The molecule has 0 saturated heterocycles. The fourth-order valence-corrected chi connectivity index (χ4v) is 2.22. The highest BCUT2D eigenvalue weighted by atomic mass is 15.0. The molecule has 0 atom stereocenters. The first-order valence-electron chi connectivity index (χ1n) is 6.34. The molecule has 90 valence electrons. The molecule has 2 aromatic heterocycles. The minimum atomic E-state index is 0.878. The lowest BCUT2D eigenvalue weighted by atomic mass is 10.2. The van der Waals surface area contributed by atoms with Crippen molar-refractivity contribution in [2.24, 2.45) is 0 Å². The van der Waals surface area contributed by atoms with Crippen LogP contribution in [0.3, 0.4) is 0 Å². The quantitative estimate of drug-likeness (QED) is 0.678. The van der Waals surface area contributed by atoms with Crippen LogP contribution in [0.4, 0.5) is 0 Å². The second-order valence-electron chi connectivity index (χ2n) is 4.54. The Morgan fingerprint density at radius 1 is 1.06 bits per heavy atom. The number of aromatic nitrogens is 2. The largest absolute Gasteiger partial charge is 0.328 e. The van der Waals surface area contributed by atoms with Gasteiger partial charge in [-0.25, -0.2) is 4.98 Å². The van der Waals surface area contributed by atoms with Gasteiger partial charge in [0.25, 0.3) is 0 Å². The molecule has 0 aliphatic carbocycles. The summed E-state index contributed by atoms with van der Waals surface area (Å²) >= 11 is 0. The summed E-state index contributed by atoms with van der Waals surface area (Å²) in [5.41, 5.74) is 3.66. The first-order valence-corrected chi connectivity index (χ1v) is 6.34. The van der Waals surface area contributed by atoms with Gasteiger partial charge in [-0.3, -0.25) is 0 Å². The Morgan fingerprint density at radius 3 is 2.67 bits per heavy atom. The van der Waals surface area contributed by atoms with E-state index < -0.39 is 0 Å². The number of benzene rings is 1. The molecule has 0 spiro atoms. The van der Waals surface area contributed by atoms with Crippen LogP contribution in [-0.4, -0.2) is 9.55 Å². The van der Waals surface area contributed by atoms with Crippen molar-refractivity contribution in [3.05, 3.63) is 66.0 Å². The predicted octanol–water partition coefficient (Wildman–Crippen LogP) is 3.65. The molecule has 0 unspecified atom stereocenters. The Hall–Kier alpha value is -2.09. The summed E-state index contributed by atoms with van der Waals surface area (Å²) in [5.74, 6) is 0. The molecule has 2 heteroatoms. The van der Waals surface area contributed by atoms with Crippen LogP contribution < -0.4 is 0 Å². The topological polar surface area (TPSA) is 17.8 Å². The van der Waals surface area contributed by atoms with Gasteiger partial charge in [-0.15, -0.1) is 0 Å². The van der Waals surface area contributed by atoms with Crippen LogP contribution in [0.15, 0.2) is 54.9 Å². The minimum absolute atomic E-state index is 0.878. The highest BCUT2D eigenvalue weighted by Crippen LogP contribution is 2.16. The van der Waals surface area contributed by atoms with E-state index in [1.807, 2.05) is 12.3 Å². The number of nitrogens with zero attached hydrogens (tertiary/aromatic N) is 2. The SMILES string of the molecule is CCc1cnc2c(ccn2Cc2ccccc2)c1. The number of fused-ring (bicyclic) bond motifs is 1. The van der Waals surface area contributed by atoms with Crippen molar-refractivity contribution in [2.45, 2.75) is 19.9 Å². The average molecular weight is 236 g/mol. The first kappa shape index (κ1) is 11.0. The van der Waals surface area contributed by atoms with Gasteiger partial charge in [-0.05, 0) is 29.7 Å². The number of aryl methyl sites for hydroxylation is 1. The number of hydrogen-bond donors (Lipinski definition) is 0. The molecule has 0 amide bonds. The van der Waals surface area contributed by atoms with Gasteiger partial charge in [0.05, 0.1) is 0 Å². The summed E-state index contributed by atoms with van der Waals surface area (Å²) in [4.78, 5) is 4.57.